The Morgan fingerprint density at radius 2 is 1.56 bits per heavy atom. The molecule has 0 aliphatic rings. The van der Waals surface area contributed by atoms with Crippen molar-refractivity contribution in [1.29, 1.82) is 0 Å². The lowest BCUT2D eigenvalue weighted by atomic mass is 10.0. The molecule has 4 rings (SSSR count). The van der Waals surface area contributed by atoms with E-state index >= 15 is 0 Å². The molecule has 7 nitrogen and oxygen atoms in total. The van der Waals surface area contributed by atoms with Gasteiger partial charge in [0.15, 0.2) is 0 Å². The van der Waals surface area contributed by atoms with Crippen molar-refractivity contribution < 1.29 is 9.59 Å². The van der Waals surface area contributed by atoms with Crippen molar-refractivity contribution in [2.75, 3.05) is 4.90 Å². The van der Waals surface area contributed by atoms with Gasteiger partial charge in [-0.15, -0.1) is 0 Å². The Morgan fingerprint density at radius 1 is 0.812 bits per heavy atom. The molecule has 1 atom stereocenters. The molecule has 0 aliphatic heterocycles. The molecule has 0 unspecified atom stereocenters. The topological polar surface area (TPSA) is 88.1 Å². The van der Waals surface area contributed by atoms with Gasteiger partial charge in [-0.3, -0.25) is 29.4 Å². The standard InChI is InChI=1S/C25H21N5O2/c31-24(29-16-19-8-2-1-3-9-19)23(20-10-6-13-26-17-20)30(21-11-7-14-27-18-21)25(32)22-12-4-5-15-28-22/h1-15,17-18,23H,16H2,(H,29,31)/t23-/m0/s1. The van der Waals surface area contributed by atoms with Crippen molar-refractivity contribution in [1.82, 2.24) is 20.3 Å². The monoisotopic (exact) mass is 423 g/mol. The summed E-state index contributed by atoms with van der Waals surface area (Å²) in [6.07, 6.45) is 7.92. The minimum absolute atomic E-state index is 0.223. The predicted octanol–water partition coefficient (Wildman–Crippen LogP) is 3.58. The number of carbonyl (C=O) groups excluding carboxylic acids is 2. The van der Waals surface area contributed by atoms with E-state index in [0.717, 1.165) is 5.56 Å². The quantitative estimate of drug-likeness (QED) is 0.491. The lowest BCUT2D eigenvalue weighted by molar-refractivity contribution is -0.122. The van der Waals surface area contributed by atoms with Crippen LogP contribution >= 0.6 is 0 Å². The van der Waals surface area contributed by atoms with Crippen LogP contribution in [0.5, 0.6) is 0 Å². The fraction of sp³-hybridized carbons (Fsp3) is 0.0800. The molecule has 1 N–H and O–H groups in total. The lowest BCUT2D eigenvalue weighted by Crippen LogP contribution is -2.44. The third kappa shape index (κ3) is 4.84. The summed E-state index contributed by atoms with van der Waals surface area (Å²) < 4.78 is 0. The maximum absolute atomic E-state index is 13.6. The number of nitrogens with one attached hydrogen (secondary N) is 1. The summed E-state index contributed by atoms with van der Waals surface area (Å²) in [6.45, 7) is 0.328. The largest absolute Gasteiger partial charge is 0.350 e. The van der Waals surface area contributed by atoms with E-state index in [-0.39, 0.29) is 11.6 Å². The average molecular weight is 423 g/mol. The van der Waals surface area contributed by atoms with Crippen molar-refractivity contribution >= 4 is 17.5 Å². The zero-order valence-corrected chi connectivity index (χ0v) is 17.2. The number of amides is 2. The molecular formula is C25H21N5O2. The second-order valence-electron chi connectivity index (χ2n) is 6.99. The Balaban J connectivity index is 1.74. The van der Waals surface area contributed by atoms with E-state index in [0.29, 0.717) is 17.8 Å². The second kappa shape index (κ2) is 10.1. The van der Waals surface area contributed by atoms with Crippen LogP contribution in [0.15, 0.2) is 104 Å². The highest BCUT2D eigenvalue weighted by molar-refractivity contribution is 6.09. The Hall–Kier alpha value is -4.39. The van der Waals surface area contributed by atoms with Gasteiger partial charge in [0.1, 0.15) is 11.7 Å². The molecule has 1 aromatic carbocycles. The van der Waals surface area contributed by atoms with Gasteiger partial charge in [0.2, 0.25) is 5.91 Å². The van der Waals surface area contributed by atoms with Crippen LogP contribution in [0.3, 0.4) is 0 Å². The Morgan fingerprint density at radius 3 is 2.22 bits per heavy atom. The van der Waals surface area contributed by atoms with Gasteiger partial charge in [0.05, 0.1) is 11.9 Å². The van der Waals surface area contributed by atoms with Crippen LogP contribution in [0.2, 0.25) is 0 Å². The molecule has 158 valence electrons. The number of carbonyl (C=O) groups is 2. The normalized spacial score (nSPS) is 11.4. The van der Waals surface area contributed by atoms with Gasteiger partial charge < -0.3 is 5.32 Å². The maximum atomic E-state index is 13.6. The molecule has 0 aliphatic carbocycles. The number of aromatic nitrogens is 3. The molecule has 4 aromatic rings. The number of benzene rings is 1. The molecule has 3 aromatic heterocycles. The third-order valence-electron chi connectivity index (χ3n) is 4.84. The summed E-state index contributed by atoms with van der Waals surface area (Å²) in [4.78, 5) is 41.0. The second-order valence-corrected chi connectivity index (χ2v) is 6.99. The van der Waals surface area contributed by atoms with E-state index in [1.807, 2.05) is 30.3 Å². The molecule has 2 amide bonds. The Labute approximate surface area is 185 Å². The molecule has 0 fully saturated rings. The first-order valence-electron chi connectivity index (χ1n) is 10.1. The van der Waals surface area contributed by atoms with Crippen molar-refractivity contribution in [3.8, 4) is 0 Å². The number of rotatable bonds is 7. The molecule has 3 heterocycles. The van der Waals surface area contributed by atoms with Crippen LogP contribution in [-0.2, 0) is 11.3 Å². The highest BCUT2D eigenvalue weighted by Crippen LogP contribution is 2.28. The first-order valence-corrected chi connectivity index (χ1v) is 10.1. The highest BCUT2D eigenvalue weighted by Gasteiger charge is 2.34. The fourth-order valence-electron chi connectivity index (χ4n) is 3.33. The van der Waals surface area contributed by atoms with Gasteiger partial charge in [-0.1, -0.05) is 42.5 Å². The first-order chi connectivity index (χ1) is 15.7. The molecule has 0 bridgehead atoms. The molecular weight excluding hydrogens is 402 g/mol. The summed E-state index contributed by atoms with van der Waals surface area (Å²) in [6, 6.07) is 20.7. The minimum Gasteiger partial charge on any atom is -0.350 e. The SMILES string of the molecule is O=C(NCc1ccccc1)[C@H](c1cccnc1)N(C(=O)c1ccccn1)c1cccnc1. The summed E-state index contributed by atoms with van der Waals surface area (Å²) in [7, 11) is 0. The first kappa shape index (κ1) is 20.9. The maximum Gasteiger partial charge on any atom is 0.277 e. The zero-order valence-electron chi connectivity index (χ0n) is 17.2. The van der Waals surface area contributed by atoms with E-state index in [9.17, 15) is 9.59 Å². The van der Waals surface area contributed by atoms with Gasteiger partial charge in [0.25, 0.3) is 5.91 Å². The molecule has 7 heteroatoms. The Kier molecular flexibility index (Phi) is 6.57. The number of anilines is 1. The summed E-state index contributed by atoms with van der Waals surface area (Å²) in [5.41, 5.74) is 2.23. The third-order valence-corrected chi connectivity index (χ3v) is 4.84. The van der Waals surface area contributed by atoms with Crippen molar-refractivity contribution in [2.45, 2.75) is 12.6 Å². The minimum atomic E-state index is -0.967. The van der Waals surface area contributed by atoms with E-state index in [1.165, 1.54) is 4.90 Å². The van der Waals surface area contributed by atoms with Crippen LogP contribution in [-0.4, -0.2) is 26.8 Å². The Bertz CT molecular complexity index is 1160. The smallest absolute Gasteiger partial charge is 0.277 e. The van der Waals surface area contributed by atoms with Crippen molar-refractivity contribution in [3.63, 3.8) is 0 Å². The molecule has 0 radical (unpaired) electrons. The number of hydrogen-bond donors (Lipinski definition) is 1. The summed E-state index contributed by atoms with van der Waals surface area (Å²) in [5.74, 6) is -0.752. The number of hydrogen-bond acceptors (Lipinski definition) is 5. The molecule has 32 heavy (non-hydrogen) atoms. The highest BCUT2D eigenvalue weighted by atomic mass is 16.2. The van der Waals surface area contributed by atoms with E-state index in [1.54, 1.807) is 73.4 Å². The van der Waals surface area contributed by atoms with Gasteiger partial charge in [-0.2, -0.15) is 0 Å². The fourth-order valence-corrected chi connectivity index (χ4v) is 3.33. The van der Waals surface area contributed by atoms with Gasteiger partial charge >= 0.3 is 0 Å². The van der Waals surface area contributed by atoms with Crippen LogP contribution in [0.4, 0.5) is 5.69 Å². The van der Waals surface area contributed by atoms with Crippen molar-refractivity contribution in [2.24, 2.45) is 0 Å². The van der Waals surface area contributed by atoms with E-state index in [4.69, 9.17) is 0 Å². The molecule has 0 spiro atoms. The molecule has 0 saturated heterocycles. The van der Waals surface area contributed by atoms with E-state index < -0.39 is 11.9 Å². The number of pyridine rings is 3. The summed E-state index contributed by atoms with van der Waals surface area (Å²) in [5, 5.41) is 2.95. The van der Waals surface area contributed by atoms with Crippen molar-refractivity contribution in [3.05, 3.63) is 121 Å². The molecule has 0 saturated carbocycles. The van der Waals surface area contributed by atoms with Crippen LogP contribution < -0.4 is 10.2 Å². The van der Waals surface area contributed by atoms with Crippen LogP contribution in [0, 0.1) is 0 Å². The number of nitrogens with zero attached hydrogens (tertiary/aromatic N) is 4. The summed E-state index contributed by atoms with van der Waals surface area (Å²) >= 11 is 0. The van der Waals surface area contributed by atoms with Crippen LogP contribution in [0.25, 0.3) is 0 Å². The van der Waals surface area contributed by atoms with Gasteiger partial charge in [-0.25, -0.2) is 0 Å². The predicted molar refractivity (Wildman–Crippen MR) is 121 cm³/mol. The lowest BCUT2D eigenvalue weighted by Gasteiger charge is -2.30. The van der Waals surface area contributed by atoms with E-state index in [2.05, 4.69) is 20.3 Å². The average Bonchev–Trinajstić information content (AvgIpc) is 2.87. The van der Waals surface area contributed by atoms with Crippen LogP contribution in [0.1, 0.15) is 27.7 Å². The zero-order chi connectivity index (χ0) is 22.2. The van der Waals surface area contributed by atoms with Gasteiger partial charge in [0, 0.05) is 36.9 Å². The van der Waals surface area contributed by atoms with Gasteiger partial charge in [-0.05, 0) is 35.9 Å².